The van der Waals surface area contributed by atoms with Crippen LogP contribution in [0.2, 0.25) is 0 Å². The Kier molecular flexibility index (Phi) is 3.61. The predicted molar refractivity (Wildman–Crippen MR) is 92.4 cm³/mol. The molecule has 126 valence electrons. The van der Waals surface area contributed by atoms with Crippen LogP contribution in [0.5, 0.6) is 5.75 Å². The van der Waals surface area contributed by atoms with E-state index in [0.717, 1.165) is 10.4 Å². The molecule has 3 heterocycles. The lowest BCUT2D eigenvalue weighted by atomic mass is 10.1. The first kappa shape index (κ1) is 15.5. The van der Waals surface area contributed by atoms with Gasteiger partial charge in [0.25, 0.3) is 0 Å². The van der Waals surface area contributed by atoms with Crippen LogP contribution in [0, 0.1) is 5.82 Å². The average molecular weight is 356 g/mol. The number of rotatable bonds is 3. The Balaban J connectivity index is 1.73. The summed E-state index contributed by atoms with van der Waals surface area (Å²) in [4.78, 5) is 21.9. The van der Waals surface area contributed by atoms with Crippen molar-refractivity contribution in [3.8, 4) is 16.5 Å². The van der Waals surface area contributed by atoms with Gasteiger partial charge in [-0.1, -0.05) is 12.1 Å². The maximum absolute atomic E-state index is 13.0. The quantitative estimate of drug-likeness (QED) is 0.612. The molecule has 0 unspecified atom stereocenters. The van der Waals surface area contributed by atoms with Gasteiger partial charge >= 0.3 is 5.56 Å². The van der Waals surface area contributed by atoms with Gasteiger partial charge in [-0.3, -0.25) is 4.79 Å². The lowest BCUT2D eigenvalue weighted by Gasteiger charge is -2.02. The van der Waals surface area contributed by atoms with Gasteiger partial charge in [0, 0.05) is 36.9 Å². The minimum Gasteiger partial charge on any atom is -0.501 e. The molecule has 4 aromatic rings. The molecule has 0 atom stereocenters. The summed E-state index contributed by atoms with van der Waals surface area (Å²) in [5.74, 6) is -0.279. The SMILES string of the molecule is Cn1ccn2c(=O)c(O)c(-c3ncc(Cc4ccc(F)cc4)s3)nc12. The number of hydrogen-bond donors (Lipinski definition) is 1. The molecule has 0 bridgehead atoms. The number of aryl methyl sites for hydroxylation is 1. The van der Waals surface area contributed by atoms with Crippen molar-refractivity contribution < 1.29 is 9.50 Å². The number of fused-ring (bicyclic) bond motifs is 1. The number of halogens is 1. The molecule has 1 N–H and O–H groups in total. The summed E-state index contributed by atoms with van der Waals surface area (Å²) >= 11 is 1.34. The number of aromatic nitrogens is 4. The highest BCUT2D eigenvalue weighted by atomic mass is 32.1. The van der Waals surface area contributed by atoms with Crippen LogP contribution in [0.4, 0.5) is 4.39 Å². The van der Waals surface area contributed by atoms with Crippen molar-refractivity contribution in [3.05, 3.63) is 69.5 Å². The Morgan fingerprint density at radius 3 is 2.76 bits per heavy atom. The molecular formula is C17H13FN4O2S. The maximum atomic E-state index is 13.0. The second-order valence-electron chi connectivity index (χ2n) is 5.63. The fraction of sp³-hybridized carbons (Fsp3) is 0.118. The van der Waals surface area contributed by atoms with Crippen molar-refractivity contribution in [2.24, 2.45) is 7.05 Å². The summed E-state index contributed by atoms with van der Waals surface area (Å²) in [5, 5.41) is 10.7. The molecule has 0 aliphatic carbocycles. The van der Waals surface area contributed by atoms with E-state index >= 15 is 0 Å². The Bertz CT molecular complexity index is 1130. The van der Waals surface area contributed by atoms with E-state index < -0.39 is 11.3 Å². The summed E-state index contributed by atoms with van der Waals surface area (Å²) < 4.78 is 16.0. The first-order valence-corrected chi connectivity index (χ1v) is 8.31. The third kappa shape index (κ3) is 2.70. The zero-order chi connectivity index (χ0) is 17.6. The molecule has 0 saturated carbocycles. The number of aromatic hydroxyl groups is 1. The van der Waals surface area contributed by atoms with Crippen LogP contribution in [0.15, 0.2) is 47.7 Å². The van der Waals surface area contributed by atoms with Gasteiger partial charge in [0.05, 0.1) is 0 Å². The number of thiazole rings is 1. The van der Waals surface area contributed by atoms with E-state index in [4.69, 9.17) is 0 Å². The third-order valence-corrected chi connectivity index (χ3v) is 4.88. The highest BCUT2D eigenvalue weighted by Gasteiger charge is 2.18. The molecule has 0 saturated heterocycles. The second-order valence-corrected chi connectivity index (χ2v) is 6.74. The van der Waals surface area contributed by atoms with E-state index in [1.54, 1.807) is 42.3 Å². The highest BCUT2D eigenvalue weighted by molar-refractivity contribution is 7.15. The zero-order valence-electron chi connectivity index (χ0n) is 13.2. The summed E-state index contributed by atoms with van der Waals surface area (Å²) in [6, 6.07) is 6.25. The van der Waals surface area contributed by atoms with Crippen LogP contribution >= 0.6 is 11.3 Å². The molecule has 4 rings (SSSR count). The third-order valence-electron chi connectivity index (χ3n) is 3.88. The molecule has 3 aromatic heterocycles. The van der Waals surface area contributed by atoms with Gasteiger partial charge in [-0.2, -0.15) is 0 Å². The van der Waals surface area contributed by atoms with Crippen LogP contribution in [0.1, 0.15) is 10.4 Å². The second kappa shape index (κ2) is 5.82. The minimum atomic E-state index is -0.532. The molecule has 0 fully saturated rings. The van der Waals surface area contributed by atoms with Crippen LogP contribution in [0.25, 0.3) is 16.5 Å². The van der Waals surface area contributed by atoms with Crippen molar-refractivity contribution in [2.75, 3.05) is 0 Å². The molecule has 0 amide bonds. The maximum Gasteiger partial charge on any atom is 0.302 e. The van der Waals surface area contributed by atoms with Crippen molar-refractivity contribution >= 4 is 17.1 Å². The molecule has 0 spiro atoms. The molecule has 0 aliphatic rings. The monoisotopic (exact) mass is 356 g/mol. The molecule has 8 heteroatoms. The van der Waals surface area contributed by atoms with Crippen molar-refractivity contribution in [1.82, 2.24) is 18.9 Å². The summed E-state index contributed by atoms with van der Waals surface area (Å²) in [7, 11) is 1.77. The molecule has 0 radical (unpaired) electrons. The molecular weight excluding hydrogens is 343 g/mol. The van der Waals surface area contributed by atoms with Gasteiger partial charge in [-0.25, -0.2) is 18.8 Å². The van der Waals surface area contributed by atoms with Gasteiger partial charge in [-0.05, 0) is 17.7 Å². The highest BCUT2D eigenvalue weighted by Crippen LogP contribution is 2.29. The van der Waals surface area contributed by atoms with Gasteiger partial charge in [0.15, 0.2) is 5.69 Å². The fourth-order valence-electron chi connectivity index (χ4n) is 2.58. The van der Waals surface area contributed by atoms with Crippen molar-refractivity contribution in [1.29, 1.82) is 0 Å². The Morgan fingerprint density at radius 1 is 1.24 bits per heavy atom. The van der Waals surface area contributed by atoms with Crippen LogP contribution in [0.3, 0.4) is 0 Å². The summed E-state index contributed by atoms with van der Waals surface area (Å²) in [5.41, 5.74) is 0.588. The molecule has 1 aromatic carbocycles. The van der Waals surface area contributed by atoms with Gasteiger partial charge < -0.3 is 9.67 Å². The largest absolute Gasteiger partial charge is 0.501 e. The Hall–Kier alpha value is -3.00. The fourth-order valence-corrected chi connectivity index (χ4v) is 3.52. The van der Waals surface area contributed by atoms with E-state index in [1.165, 1.54) is 27.9 Å². The van der Waals surface area contributed by atoms with E-state index in [2.05, 4.69) is 9.97 Å². The first-order chi connectivity index (χ1) is 12.0. The minimum absolute atomic E-state index is 0.169. The smallest absolute Gasteiger partial charge is 0.302 e. The average Bonchev–Trinajstić information content (AvgIpc) is 3.20. The number of nitrogens with zero attached hydrogens (tertiary/aromatic N) is 4. The summed E-state index contributed by atoms with van der Waals surface area (Å²) in [6.07, 6.45) is 5.51. The molecule has 6 nitrogen and oxygen atoms in total. The van der Waals surface area contributed by atoms with Crippen molar-refractivity contribution in [2.45, 2.75) is 6.42 Å². The van der Waals surface area contributed by atoms with Crippen LogP contribution < -0.4 is 5.56 Å². The predicted octanol–water partition coefficient (Wildman–Crippen LogP) is 2.59. The normalized spacial score (nSPS) is 11.3. The Labute approximate surface area is 145 Å². The Morgan fingerprint density at radius 2 is 2.00 bits per heavy atom. The van der Waals surface area contributed by atoms with Gasteiger partial charge in [-0.15, -0.1) is 11.3 Å². The molecule has 0 aliphatic heterocycles. The van der Waals surface area contributed by atoms with Gasteiger partial charge in [0.2, 0.25) is 11.5 Å². The number of hydrogen-bond acceptors (Lipinski definition) is 5. The van der Waals surface area contributed by atoms with Crippen molar-refractivity contribution in [3.63, 3.8) is 0 Å². The van der Waals surface area contributed by atoms with E-state index in [0.29, 0.717) is 17.2 Å². The number of benzene rings is 1. The lowest BCUT2D eigenvalue weighted by Crippen LogP contribution is -2.14. The van der Waals surface area contributed by atoms with Crippen LogP contribution in [-0.4, -0.2) is 24.0 Å². The van der Waals surface area contributed by atoms with E-state index in [1.807, 2.05) is 0 Å². The standard InChI is InChI=1S/C17H13FN4O2S/c1-21-6-7-22-16(24)14(23)13(20-17(21)22)15-19-9-12(25-15)8-10-2-4-11(18)5-3-10/h2-7,9,23H,8H2,1H3. The van der Waals surface area contributed by atoms with E-state index in [-0.39, 0.29) is 11.5 Å². The number of imidazole rings is 1. The lowest BCUT2D eigenvalue weighted by molar-refractivity contribution is 0.464. The van der Waals surface area contributed by atoms with Gasteiger partial charge in [0.1, 0.15) is 10.8 Å². The molecule has 25 heavy (non-hydrogen) atoms. The topological polar surface area (TPSA) is 72.4 Å². The zero-order valence-corrected chi connectivity index (χ0v) is 14.0. The van der Waals surface area contributed by atoms with Crippen LogP contribution in [-0.2, 0) is 13.5 Å². The summed E-state index contributed by atoms with van der Waals surface area (Å²) in [6.45, 7) is 0. The van der Waals surface area contributed by atoms with E-state index in [9.17, 15) is 14.3 Å². The first-order valence-electron chi connectivity index (χ1n) is 7.49.